The summed E-state index contributed by atoms with van der Waals surface area (Å²) in [5.41, 5.74) is 4.11. The number of hydrogen-bond donors (Lipinski definition) is 0. The number of nitrogens with zero attached hydrogens (tertiary/aromatic N) is 2. The van der Waals surface area contributed by atoms with Crippen LogP contribution in [0.3, 0.4) is 0 Å². The second kappa shape index (κ2) is 4.09. The van der Waals surface area contributed by atoms with E-state index in [0.717, 1.165) is 23.4 Å². The Hall–Kier alpha value is -1.90. The maximum absolute atomic E-state index is 12.0. The first kappa shape index (κ1) is 11.2. The molecule has 0 radical (unpaired) electrons. The van der Waals surface area contributed by atoms with Crippen molar-refractivity contribution in [1.29, 1.82) is 0 Å². The van der Waals surface area contributed by atoms with E-state index in [9.17, 15) is 4.79 Å². The van der Waals surface area contributed by atoms with Crippen LogP contribution in [0.1, 0.15) is 35.0 Å². The summed E-state index contributed by atoms with van der Waals surface area (Å²) in [4.78, 5) is 12.0. The van der Waals surface area contributed by atoms with E-state index in [-0.39, 0.29) is 5.78 Å². The van der Waals surface area contributed by atoms with Crippen LogP contribution in [0.4, 0.5) is 0 Å². The summed E-state index contributed by atoms with van der Waals surface area (Å²) in [7, 11) is 0. The van der Waals surface area contributed by atoms with Gasteiger partial charge in [0.25, 0.3) is 0 Å². The highest BCUT2D eigenvalue weighted by Gasteiger charge is 2.26. The second-order valence-electron chi connectivity index (χ2n) is 5.14. The molecular formula is C15H16N2O. The largest absolute Gasteiger partial charge is 0.294 e. The third-order valence-electron chi connectivity index (χ3n) is 3.59. The Balaban J connectivity index is 2.16. The molecule has 0 spiro atoms. The van der Waals surface area contributed by atoms with Gasteiger partial charge < -0.3 is 0 Å². The minimum atomic E-state index is 0.226. The molecule has 0 N–H and O–H groups in total. The lowest BCUT2D eigenvalue weighted by molar-refractivity contribution is 0.0952. The summed E-state index contributed by atoms with van der Waals surface area (Å²) in [6.07, 6.45) is 3.29. The summed E-state index contributed by atoms with van der Waals surface area (Å²) in [5.74, 6) is 0.632. The molecule has 0 saturated carbocycles. The molecule has 3 rings (SSSR count). The normalized spacial score (nSPS) is 18.8. The summed E-state index contributed by atoms with van der Waals surface area (Å²) in [5, 5.41) is 4.41. The molecule has 2 aromatic rings. The van der Waals surface area contributed by atoms with Gasteiger partial charge >= 0.3 is 0 Å². The maximum Gasteiger partial charge on any atom is 0.166 e. The maximum atomic E-state index is 12.0. The lowest BCUT2D eigenvalue weighted by atomic mass is 9.88. The van der Waals surface area contributed by atoms with Gasteiger partial charge in [0.2, 0.25) is 0 Å². The average Bonchev–Trinajstić information content (AvgIpc) is 2.73. The molecule has 1 aliphatic rings. The predicted octanol–water partition coefficient (Wildman–Crippen LogP) is 2.95. The van der Waals surface area contributed by atoms with Crippen LogP contribution in [0, 0.1) is 12.8 Å². The van der Waals surface area contributed by atoms with Gasteiger partial charge in [-0.2, -0.15) is 5.10 Å². The molecule has 0 saturated heterocycles. The van der Waals surface area contributed by atoms with Crippen molar-refractivity contribution < 1.29 is 4.79 Å². The van der Waals surface area contributed by atoms with E-state index in [2.05, 4.69) is 25.0 Å². The lowest BCUT2D eigenvalue weighted by Gasteiger charge is -2.19. The first-order valence-electron chi connectivity index (χ1n) is 6.33. The molecule has 92 valence electrons. The van der Waals surface area contributed by atoms with Crippen molar-refractivity contribution in [2.75, 3.05) is 0 Å². The van der Waals surface area contributed by atoms with E-state index in [4.69, 9.17) is 0 Å². The van der Waals surface area contributed by atoms with Gasteiger partial charge in [0.05, 0.1) is 23.1 Å². The molecule has 0 amide bonds. The highest BCUT2D eigenvalue weighted by molar-refractivity contribution is 5.98. The van der Waals surface area contributed by atoms with Gasteiger partial charge in [-0.3, -0.25) is 4.79 Å². The monoisotopic (exact) mass is 240 g/mol. The van der Waals surface area contributed by atoms with Crippen LogP contribution >= 0.6 is 0 Å². The smallest absolute Gasteiger partial charge is 0.166 e. The predicted molar refractivity (Wildman–Crippen MR) is 70.1 cm³/mol. The number of Topliss-reactive ketones (excluding diaryl/α,β-unsaturated/α-hetero) is 1. The molecule has 0 fully saturated rings. The van der Waals surface area contributed by atoms with Crippen molar-refractivity contribution in [3.63, 3.8) is 0 Å². The molecule has 1 atom stereocenters. The van der Waals surface area contributed by atoms with Crippen molar-refractivity contribution >= 4 is 5.78 Å². The molecule has 1 aromatic carbocycles. The van der Waals surface area contributed by atoms with Crippen molar-refractivity contribution in [3.05, 3.63) is 47.3 Å². The van der Waals surface area contributed by atoms with Crippen LogP contribution in [0.5, 0.6) is 0 Å². The Kier molecular flexibility index (Phi) is 2.54. The molecule has 18 heavy (non-hydrogen) atoms. The quantitative estimate of drug-likeness (QED) is 0.768. The molecular weight excluding hydrogens is 224 g/mol. The molecule has 0 bridgehead atoms. The fourth-order valence-corrected chi connectivity index (χ4v) is 2.64. The Morgan fingerprint density at radius 2 is 2.06 bits per heavy atom. The van der Waals surface area contributed by atoms with Gasteiger partial charge in [-0.25, -0.2) is 4.68 Å². The summed E-state index contributed by atoms with van der Waals surface area (Å²) in [6, 6.07) is 8.14. The van der Waals surface area contributed by atoms with Crippen LogP contribution in [-0.4, -0.2) is 15.6 Å². The molecule has 1 aliphatic carbocycles. The average molecular weight is 240 g/mol. The number of carbonyl (C=O) groups is 1. The van der Waals surface area contributed by atoms with Crippen molar-refractivity contribution in [3.8, 4) is 5.69 Å². The van der Waals surface area contributed by atoms with Gasteiger partial charge in [-0.15, -0.1) is 0 Å². The van der Waals surface area contributed by atoms with E-state index in [1.807, 2.05) is 22.9 Å². The Morgan fingerprint density at radius 1 is 1.28 bits per heavy atom. The third kappa shape index (κ3) is 1.67. The third-order valence-corrected chi connectivity index (χ3v) is 3.59. The highest BCUT2D eigenvalue weighted by Crippen LogP contribution is 2.27. The SMILES string of the molecule is Cc1ccccc1-n1ncc2c1CC(C)CC2=O. The van der Waals surface area contributed by atoms with Crippen LogP contribution < -0.4 is 0 Å². The second-order valence-corrected chi connectivity index (χ2v) is 5.14. The van der Waals surface area contributed by atoms with Crippen LogP contribution in [0.25, 0.3) is 5.69 Å². The zero-order valence-electron chi connectivity index (χ0n) is 10.7. The van der Waals surface area contributed by atoms with Gasteiger partial charge in [-0.1, -0.05) is 25.1 Å². The van der Waals surface area contributed by atoms with E-state index in [0.29, 0.717) is 12.3 Å². The molecule has 1 unspecified atom stereocenters. The van der Waals surface area contributed by atoms with Crippen LogP contribution in [0.2, 0.25) is 0 Å². The number of fused-ring (bicyclic) bond motifs is 1. The zero-order valence-corrected chi connectivity index (χ0v) is 10.7. The van der Waals surface area contributed by atoms with E-state index in [1.165, 1.54) is 5.56 Å². The van der Waals surface area contributed by atoms with Crippen molar-refractivity contribution in [2.24, 2.45) is 5.92 Å². The molecule has 1 heterocycles. The Labute approximate surface area is 106 Å². The fourth-order valence-electron chi connectivity index (χ4n) is 2.64. The Bertz CT molecular complexity index is 613. The minimum Gasteiger partial charge on any atom is -0.294 e. The molecule has 0 aliphatic heterocycles. The number of hydrogen-bond acceptors (Lipinski definition) is 2. The standard InChI is InChI=1S/C15H16N2O/c1-10-7-14-12(15(18)8-10)9-16-17(14)13-6-4-3-5-11(13)2/h3-6,9-10H,7-8H2,1-2H3. The molecule has 1 aromatic heterocycles. The van der Waals surface area contributed by atoms with Crippen molar-refractivity contribution in [2.45, 2.75) is 26.7 Å². The van der Waals surface area contributed by atoms with Gasteiger partial charge in [0.1, 0.15) is 0 Å². The number of aryl methyl sites for hydroxylation is 1. The number of rotatable bonds is 1. The fraction of sp³-hybridized carbons (Fsp3) is 0.333. The summed E-state index contributed by atoms with van der Waals surface area (Å²) in [6.45, 7) is 4.19. The number of carbonyl (C=O) groups excluding carboxylic acids is 1. The first-order chi connectivity index (χ1) is 8.66. The minimum absolute atomic E-state index is 0.226. The number of ketones is 1. The highest BCUT2D eigenvalue weighted by atomic mass is 16.1. The number of para-hydroxylation sites is 1. The van der Waals surface area contributed by atoms with E-state index >= 15 is 0 Å². The molecule has 3 heteroatoms. The summed E-state index contributed by atoms with van der Waals surface area (Å²) < 4.78 is 1.93. The van der Waals surface area contributed by atoms with Gasteiger partial charge in [0, 0.05) is 6.42 Å². The van der Waals surface area contributed by atoms with E-state index in [1.54, 1.807) is 6.20 Å². The van der Waals surface area contributed by atoms with E-state index < -0.39 is 0 Å². The number of benzene rings is 1. The topological polar surface area (TPSA) is 34.9 Å². The molecule has 3 nitrogen and oxygen atoms in total. The first-order valence-corrected chi connectivity index (χ1v) is 6.33. The van der Waals surface area contributed by atoms with Crippen LogP contribution in [-0.2, 0) is 6.42 Å². The summed E-state index contributed by atoms with van der Waals surface area (Å²) >= 11 is 0. The van der Waals surface area contributed by atoms with Crippen molar-refractivity contribution in [1.82, 2.24) is 9.78 Å². The number of aromatic nitrogens is 2. The Morgan fingerprint density at radius 3 is 2.83 bits per heavy atom. The van der Waals surface area contributed by atoms with Crippen LogP contribution in [0.15, 0.2) is 30.5 Å². The lowest BCUT2D eigenvalue weighted by Crippen LogP contribution is -2.19. The van der Waals surface area contributed by atoms with Gasteiger partial charge in [-0.05, 0) is 30.9 Å². The van der Waals surface area contributed by atoms with Gasteiger partial charge in [0.15, 0.2) is 5.78 Å². The zero-order chi connectivity index (χ0) is 12.7.